The minimum atomic E-state index is -3.68. The number of nitrogens with one attached hydrogen (secondary N) is 2. The van der Waals surface area contributed by atoms with Crippen molar-refractivity contribution in [1.82, 2.24) is 4.31 Å². The molecule has 1 saturated heterocycles. The molecule has 2 aromatic rings. The number of fused-ring (bicyclic) bond motifs is 1. The molecule has 8 heteroatoms. The van der Waals surface area contributed by atoms with Crippen LogP contribution in [0, 0.1) is 11.8 Å². The second kappa shape index (κ2) is 8.20. The van der Waals surface area contributed by atoms with Crippen LogP contribution in [0.5, 0.6) is 0 Å². The van der Waals surface area contributed by atoms with Crippen LogP contribution in [0.2, 0.25) is 0 Å². The number of piperidine rings is 1. The van der Waals surface area contributed by atoms with Gasteiger partial charge in [0.2, 0.25) is 21.8 Å². The summed E-state index contributed by atoms with van der Waals surface area (Å²) in [5.41, 5.74) is 1.98. The number of rotatable bonds is 4. The van der Waals surface area contributed by atoms with E-state index < -0.39 is 27.8 Å². The fourth-order valence-corrected chi connectivity index (χ4v) is 5.44. The lowest BCUT2D eigenvalue weighted by Gasteiger charge is -2.31. The van der Waals surface area contributed by atoms with Gasteiger partial charge in [0.25, 0.3) is 0 Å². The molecule has 158 valence electrons. The third-order valence-corrected chi connectivity index (χ3v) is 7.77. The number of sulfonamides is 1. The Balaban J connectivity index is 1.48. The van der Waals surface area contributed by atoms with E-state index in [-0.39, 0.29) is 4.90 Å². The molecule has 2 aliphatic heterocycles. The summed E-state index contributed by atoms with van der Waals surface area (Å²) < 4.78 is 27.8. The van der Waals surface area contributed by atoms with Gasteiger partial charge in [0.05, 0.1) is 16.3 Å². The highest BCUT2D eigenvalue weighted by atomic mass is 32.2. The highest BCUT2D eigenvalue weighted by Crippen LogP contribution is 2.32. The molecule has 1 fully saturated rings. The zero-order chi connectivity index (χ0) is 21.3. The molecule has 0 aliphatic carbocycles. The predicted molar refractivity (Wildman–Crippen MR) is 114 cm³/mol. The lowest BCUT2D eigenvalue weighted by Crippen LogP contribution is -2.38. The van der Waals surface area contributed by atoms with E-state index >= 15 is 0 Å². The normalized spacial score (nSPS) is 20.8. The molecule has 0 saturated carbocycles. The van der Waals surface area contributed by atoms with Gasteiger partial charge in [-0.25, -0.2) is 8.42 Å². The van der Waals surface area contributed by atoms with Gasteiger partial charge in [-0.1, -0.05) is 30.3 Å². The molecule has 0 bridgehead atoms. The van der Waals surface area contributed by atoms with E-state index in [1.165, 1.54) is 35.0 Å². The van der Waals surface area contributed by atoms with Crippen molar-refractivity contribution in [3.63, 3.8) is 0 Å². The third kappa shape index (κ3) is 4.11. The number of benzene rings is 2. The molecule has 4 rings (SSSR count). The van der Waals surface area contributed by atoms with Crippen LogP contribution in [-0.2, 0) is 26.0 Å². The number of carbonyl (C=O) groups excluding carboxylic acids is 2. The van der Waals surface area contributed by atoms with Crippen LogP contribution in [0.4, 0.5) is 11.4 Å². The predicted octanol–water partition coefficient (Wildman–Crippen LogP) is 2.86. The second-order valence-electron chi connectivity index (χ2n) is 7.94. The van der Waals surface area contributed by atoms with Gasteiger partial charge >= 0.3 is 0 Å². The maximum atomic E-state index is 13.2. The molecule has 0 aromatic heterocycles. The number of anilines is 2. The molecular formula is C22H25N3O4S. The Bertz CT molecular complexity index is 1060. The Morgan fingerprint density at radius 1 is 0.933 bits per heavy atom. The van der Waals surface area contributed by atoms with Crippen molar-refractivity contribution in [2.24, 2.45) is 11.8 Å². The lowest BCUT2D eigenvalue weighted by molar-refractivity contribution is -0.128. The van der Waals surface area contributed by atoms with Crippen LogP contribution in [0.3, 0.4) is 0 Å². The van der Waals surface area contributed by atoms with Crippen molar-refractivity contribution in [2.45, 2.75) is 31.1 Å². The highest BCUT2D eigenvalue weighted by Gasteiger charge is 2.32. The molecular weight excluding hydrogens is 402 g/mol. The molecule has 2 amide bonds. The summed E-state index contributed by atoms with van der Waals surface area (Å²) in [6, 6.07) is 14.7. The van der Waals surface area contributed by atoms with Crippen molar-refractivity contribution in [2.75, 3.05) is 23.7 Å². The maximum absolute atomic E-state index is 13.2. The molecule has 0 spiro atoms. The minimum Gasteiger partial charge on any atom is -0.324 e. The van der Waals surface area contributed by atoms with Crippen LogP contribution in [0.25, 0.3) is 0 Å². The Morgan fingerprint density at radius 2 is 1.57 bits per heavy atom. The van der Waals surface area contributed by atoms with Crippen LogP contribution in [0.15, 0.2) is 53.4 Å². The van der Waals surface area contributed by atoms with Crippen LogP contribution >= 0.6 is 0 Å². The molecule has 0 unspecified atom stereocenters. The van der Waals surface area contributed by atoms with E-state index in [1.807, 2.05) is 18.2 Å². The van der Waals surface area contributed by atoms with E-state index in [1.54, 1.807) is 0 Å². The fraction of sp³-hybridized carbons (Fsp3) is 0.364. The van der Waals surface area contributed by atoms with Crippen LogP contribution in [-0.4, -0.2) is 37.6 Å². The van der Waals surface area contributed by atoms with Gasteiger partial charge < -0.3 is 10.6 Å². The Morgan fingerprint density at radius 3 is 2.23 bits per heavy atom. The summed E-state index contributed by atoms with van der Waals surface area (Å²) in [6.45, 7) is 2.45. The zero-order valence-corrected chi connectivity index (χ0v) is 17.6. The van der Waals surface area contributed by atoms with E-state index in [2.05, 4.69) is 22.8 Å². The molecule has 2 aliphatic rings. The van der Waals surface area contributed by atoms with Crippen molar-refractivity contribution in [3.8, 4) is 0 Å². The van der Waals surface area contributed by atoms with E-state index in [0.717, 1.165) is 19.3 Å². The van der Waals surface area contributed by atoms with Gasteiger partial charge in [0.15, 0.2) is 0 Å². The number of amides is 2. The van der Waals surface area contributed by atoms with Gasteiger partial charge in [-0.15, -0.1) is 0 Å². The molecule has 2 heterocycles. The van der Waals surface area contributed by atoms with Crippen LogP contribution < -0.4 is 10.6 Å². The zero-order valence-electron chi connectivity index (χ0n) is 16.8. The Hall–Kier alpha value is -2.71. The topological polar surface area (TPSA) is 95.6 Å². The molecule has 30 heavy (non-hydrogen) atoms. The smallest absolute Gasteiger partial charge is 0.243 e. The second-order valence-corrected chi connectivity index (χ2v) is 9.88. The van der Waals surface area contributed by atoms with Gasteiger partial charge in [-0.05, 0) is 55.9 Å². The molecule has 2 aromatic carbocycles. The summed E-state index contributed by atoms with van der Waals surface area (Å²) in [7, 11) is -3.68. The molecule has 2 N–H and O–H groups in total. The van der Waals surface area contributed by atoms with Gasteiger partial charge in [0, 0.05) is 13.1 Å². The monoisotopic (exact) mass is 427 g/mol. The number of nitrogens with zero attached hydrogens (tertiary/aromatic N) is 1. The quantitative estimate of drug-likeness (QED) is 0.734. The molecule has 7 nitrogen and oxygen atoms in total. The first kappa shape index (κ1) is 20.6. The van der Waals surface area contributed by atoms with E-state index in [9.17, 15) is 18.0 Å². The standard InChI is InChI=1S/C22H25N3O4S/c1-15-21(26)23-19-8-7-18(14-20(19)24-22(15)27)30(28,29)25-11-9-17(10-12-25)13-16-5-3-2-4-6-16/h2-8,14-15,17H,9-13H2,1H3,(H,23,26)(H,24,27)/t15-/m0/s1. The summed E-state index contributed by atoms with van der Waals surface area (Å²) in [5, 5.41) is 5.31. The first-order chi connectivity index (χ1) is 14.3. The number of hydrogen-bond acceptors (Lipinski definition) is 4. The van der Waals surface area contributed by atoms with Crippen molar-refractivity contribution >= 4 is 33.2 Å². The van der Waals surface area contributed by atoms with E-state index in [0.29, 0.717) is 30.4 Å². The average Bonchev–Trinajstić information content (AvgIpc) is 2.85. The lowest BCUT2D eigenvalue weighted by atomic mass is 9.91. The summed E-state index contributed by atoms with van der Waals surface area (Å²) in [4.78, 5) is 24.2. The minimum absolute atomic E-state index is 0.117. The summed E-state index contributed by atoms with van der Waals surface area (Å²) >= 11 is 0. The number of hydrogen-bond donors (Lipinski definition) is 2. The Kier molecular flexibility index (Phi) is 5.62. The van der Waals surface area contributed by atoms with Crippen molar-refractivity contribution in [3.05, 3.63) is 54.1 Å². The largest absolute Gasteiger partial charge is 0.324 e. The third-order valence-electron chi connectivity index (χ3n) is 5.87. The summed E-state index contributed by atoms with van der Waals surface area (Å²) in [6.07, 6.45) is 2.57. The first-order valence-electron chi connectivity index (χ1n) is 10.1. The van der Waals surface area contributed by atoms with Crippen molar-refractivity contribution in [1.29, 1.82) is 0 Å². The fourth-order valence-electron chi connectivity index (χ4n) is 3.95. The molecule has 0 radical (unpaired) electrons. The van der Waals surface area contributed by atoms with Gasteiger partial charge in [-0.3, -0.25) is 9.59 Å². The molecule has 1 atom stereocenters. The van der Waals surface area contributed by atoms with Crippen molar-refractivity contribution < 1.29 is 18.0 Å². The Labute approximate surface area is 176 Å². The van der Waals surface area contributed by atoms with E-state index in [4.69, 9.17) is 0 Å². The maximum Gasteiger partial charge on any atom is 0.243 e. The first-order valence-corrected chi connectivity index (χ1v) is 11.6. The highest BCUT2D eigenvalue weighted by molar-refractivity contribution is 7.89. The summed E-state index contributed by atoms with van der Waals surface area (Å²) in [5.74, 6) is -1.26. The average molecular weight is 428 g/mol. The van der Waals surface area contributed by atoms with Gasteiger partial charge in [0.1, 0.15) is 5.92 Å². The van der Waals surface area contributed by atoms with Crippen LogP contribution in [0.1, 0.15) is 25.3 Å². The van der Waals surface area contributed by atoms with Gasteiger partial charge in [-0.2, -0.15) is 4.31 Å². The number of carbonyl (C=O) groups is 2. The SMILES string of the molecule is C[C@H]1C(=O)Nc2ccc(S(=O)(=O)N3CCC(Cc4ccccc4)CC3)cc2NC1=O.